The summed E-state index contributed by atoms with van der Waals surface area (Å²) in [5, 5.41) is 0.301. The highest BCUT2D eigenvalue weighted by Crippen LogP contribution is 2.32. The van der Waals surface area contributed by atoms with Crippen LogP contribution in [0.4, 0.5) is 18.9 Å². The highest BCUT2D eigenvalue weighted by molar-refractivity contribution is 6.29. The first-order valence-corrected chi connectivity index (χ1v) is 7.10. The zero-order valence-corrected chi connectivity index (χ0v) is 12.8. The number of halogens is 4. The maximum absolute atomic E-state index is 14.2. The standard InChI is InChI=1S/C16H11ClF3N3/c1-9-4-14(16-12(19)5-10(18)6-13(16)20)23(8-22-9)11-2-3-15(17)21-7-11/h2-7H,8H2,1H3. The summed E-state index contributed by atoms with van der Waals surface area (Å²) in [6.45, 7) is 1.88. The molecule has 0 spiro atoms. The molecule has 1 aromatic heterocycles. The van der Waals surface area contributed by atoms with E-state index in [1.165, 1.54) is 12.3 Å². The molecule has 0 N–H and O–H groups in total. The summed E-state index contributed by atoms with van der Waals surface area (Å²) in [5.41, 5.74) is 1.12. The number of pyridine rings is 1. The van der Waals surface area contributed by atoms with E-state index in [2.05, 4.69) is 9.98 Å². The Morgan fingerprint density at radius 3 is 2.43 bits per heavy atom. The van der Waals surface area contributed by atoms with Gasteiger partial charge in [-0.05, 0) is 25.1 Å². The minimum Gasteiger partial charge on any atom is -0.319 e. The molecule has 0 saturated heterocycles. The number of hydrogen-bond acceptors (Lipinski definition) is 3. The van der Waals surface area contributed by atoms with Crippen molar-refractivity contribution in [2.75, 3.05) is 11.6 Å². The van der Waals surface area contributed by atoms with Gasteiger partial charge in [-0.3, -0.25) is 4.99 Å². The van der Waals surface area contributed by atoms with E-state index in [-0.39, 0.29) is 17.9 Å². The normalized spacial score (nSPS) is 14.6. The van der Waals surface area contributed by atoms with Crippen LogP contribution in [0, 0.1) is 17.5 Å². The third kappa shape index (κ3) is 3.07. The minimum atomic E-state index is -0.977. The van der Waals surface area contributed by atoms with E-state index in [9.17, 15) is 13.2 Å². The van der Waals surface area contributed by atoms with Gasteiger partial charge in [0.2, 0.25) is 0 Å². The molecule has 1 aliphatic heterocycles. The molecule has 0 radical (unpaired) electrons. The van der Waals surface area contributed by atoms with Gasteiger partial charge in [-0.15, -0.1) is 0 Å². The molecule has 0 saturated carbocycles. The van der Waals surface area contributed by atoms with Gasteiger partial charge >= 0.3 is 0 Å². The molecular formula is C16H11ClF3N3. The molecule has 1 aromatic carbocycles. The molecule has 3 rings (SSSR count). The van der Waals surface area contributed by atoms with Crippen molar-refractivity contribution in [2.45, 2.75) is 6.92 Å². The van der Waals surface area contributed by atoms with Crippen molar-refractivity contribution in [1.82, 2.24) is 4.98 Å². The van der Waals surface area contributed by atoms with Crippen molar-refractivity contribution < 1.29 is 13.2 Å². The largest absolute Gasteiger partial charge is 0.319 e. The molecule has 0 bridgehead atoms. The molecule has 7 heteroatoms. The fourth-order valence-corrected chi connectivity index (χ4v) is 2.43. The second kappa shape index (κ2) is 6.04. The Morgan fingerprint density at radius 1 is 1.13 bits per heavy atom. The predicted molar refractivity (Wildman–Crippen MR) is 84.0 cm³/mol. The van der Waals surface area contributed by atoms with Crippen LogP contribution >= 0.6 is 11.6 Å². The number of benzene rings is 1. The lowest BCUT2D eigenvalue weighted by molar-refractivity contribution is 0.538. The minimum absolute atomic E-state index is 0.164. The van der Waals surface area contributed by atoms with Crippen LogP contribution in [0.25, 0.3) is 5.70 Å². The van der Waals surface area contributed by atoms with Crippen LogP contribution in [0.3, 0.4) is 0 Å². The molecule has 2 heterocycles. The molecule has 0 atom stereocenters. The lowest BCUT2D eigenvalue weighted by Gasteiger charge is -2.29. The van der Waals surface area contributed by atoms with Gasteiger partial charge in [-0.2, -0.15) is 0 Å². The second-order valence-corrected chi connectivity index (χ2v) is 5.37. The number of rotatable bonds is 2. The number of allylic oxidation sites excluding steroid dienone is 1. The van der Waals surface area contributed by atoms with Gasteiger partial charge in [0.15, 0.2) is 0 Å². The van der Waals surface area contributed by atoms with Crippen LogP contribution < -0.4 is 4.90 Å². The highest BCUT2D eigenvalue weighted by atomic mass is 35.5. The molecule has 0 unspecified atom stereocenters. The highest BCUT2D eigenvalue weighted by Gasteiger charge is 2.24. The van der Waals surface area contributed by atoms with E-state index in [1.807, 2.05) is 0 Å². The average molecular weight is 338 g/mol. The van der Waals surface area contributed by atoms with Gasteiger partial charge in [0.25, 0.3) is 0 Å². The molecule has 118 valence electrons. The predicted octanol–water partition coefficient (Wildman–Crippen LogP) is 4.43. The number of anilines is 1. The molecule has 1 aliphatic rings. The third-order valence-electron chi connectivity index (χ3n) is 3.38. The third-order valence-corrected chi connectivity index (χ3v) is 3.61. The maximum Gasteiger partial charge on any atom is 0.138 e. The van der Waals surface area contributed by atoms with Gasteiger partial charge in [0.05, 0.1) is 23.1 Å². The first kappa shape index (κ1) is 15.6. The molecule has 23 heavy (non-hydrogen) atoms. The van der Waals surface area contributed by atoms with E-state index in [0.29, 0.717) is 28.7 Å². The first-order valence-electron chi connectivity index (χ1n) is 6.72. The summed E-state index contributed by atoms with van der Waals surface area (Å²) in [7, 11) is 0. The average Bonchev–Trinajstić information content (AvgIpc) is 2.47. The van der Waals surface area contributed by atoms with Crippen LogP contribution in [-0.2, 0) is 0 Å². The van der Waals surface area contributed by atoms with E-state index in [0.717, 1.165) is 0 Å². The zero-order valence-electron chi connectivity index (χ0n) is 12.0. The van der Waals surface area contributed by atoms with Gasteiger partial charge in [-0.25, -0.2) is 18.2 Å². The van der Waals surface area contributed by atoms with Gasteiger partial charge in [-0.1, -0.05) is 11.6 Å². The van der Waals surface area contributed by atoms with Crippen LogP contribution in [0.1, 0.15) is 12.5 Å². The summed E-state index contributed by atoms with van der Waals surface area (Å²) in [6, 6.07) is 4.53. The van der Waals surface area contributed by atoms with E-state index in [1.54, 1.807) is 24.0 Å². The van der Waals surface area contributed by atoms with Gasteiger partial charge in [0, 0.05) is 17.8 Å². The smallest absolute Gasteiger partial charge is 0.138 e. The van der Waals surface area contributed by atoms with Crippen molar-refractivity contribution in [1.29, 1.82) is 0 Å². The van der Waals surface area contributed by atoms with E-state index >= 15 is 0 Å². The zero-order chi connectivity index (χ0) is 16.6. The lowest BCUT2D eigenvalue weighted by Crippen LogP contribution is -2.27. The summed E-state index contributed by atoms with van der Waals surface area (Å²) < 4.78 is 41.5. The molecule has 0 fully saturated rings. The van der Waals surface area contributed by atoms with Crippen LogP contribution in [0.5, 0.6) is 0 Å². The van der Waals surface area contributed by atoms with Crippen molar-refractivity contribution in [3.8, 4) is 0 Å². The van der Waals surface area contributed by atoms with E-state index < -0.39 is 17.5 Å². The van der Waals surface area contributed by atoms with Crippen molar-refractivity contribution in [3.63, 3.8) is 0 Å². The quantitative estimate of drug-likeness (QED) is 0.758. The van der Waals surface area contributed by atoms with E-state index in [4.69, 9.17) is 11.6 Å². The Labute approximate surface area is 135 Å². The monoisotopic (exact) mass is 337 g/mol. The Balaban J connectivity index is 2.13. The summed E-state index contributed by atoms with van der Waals surface area (Å²) in [4.78, 5) is 9.79. The Hall–Kier alpha value is -2.34. The first-order chi connectivity index (χ1) is 11.0. The van der Waals surface area contributed by atoms with Gasteiger partial charge in [0.1, 0.15) is 29.3 Å². The fourth-order valence-electron chi connectivity index (χ4n) is 2.32. The molecular weight excluding hydrogens is 327 g/mol. The van der Waals surface area contributed by atoms with Crippen LogP contribution in [-0.4, -0.2) is 17.4 Å². The second-order valence-electron chi connectivity index (χ2n) is 4.98. The summed E-state index contributed by atoms with van der Waals surface area (Å²) in [5.74, 6) is -2.92. The molecule has 0 aliphatic carbocycles. The Kier molecular flexibility index (Phi) is 4.09. The summed E-state index contributed by atoms with van der Waals surface area (Å²) in [6.07, 6.45) is 3.02. The molecule has 0 amide bonds. The molecule has 3 nitrogen and oxygen atoms in total. The van der Waals surface area contributed by atoms with Crippen LogP contribution in [0.15, 0.2) is 41.5 Å². The summed E-state index contributed by atoms with van der Waals surface area (Å²) >= 11 is 5.76. The maximum atomic E-state index is 14.2. The Bertz CT molecular complexity index is 793. The number of hydrogen-bond donors (Lipinski definition) is 0. The fraction of sp³-hybridized carbons (Fsp3) is 0.125. The molecule has 2 aromatic rings. The van der Waals surface area contributed by atoms with Crippen molar-refractivity contribution in [2.24, 2.45) is 4.99 Å². The number of aromatic nitrogens is 1. The number of nitrogens with zero attached hydrogens (tertiary/aromatic N) is 3. The van der Waals surface area contributed by atoms with Crippen molar-refractivity contribution in [3.05, 3.63) is 64.7 Å². The topological polar surface area (TPSA) is 28.5 Å². The lowest BCUT2D eigenvalue weighted by atomic mass is 10.1. The SMILES string of the molecule is CC1=NCN(c2ccc(Cl)nc2)C(c2c(F)cc(F)cc2F)=C1. The van der Waals surface area contributed by atoms with Crippen molar-refractivity contribution >= 4 is 28.7 Å². The van der Waals surface area contributed by atoms with Gasteiger partial charge < -0.3 is 4.90 Å². The number of aliphatic imine (C=N–C) groups is 1. The van der Waals surface area contributed by atoms with Crippen LogP contribution in [0.2, 0.25) is 5.15 Å². The Morgan fingerprint density at radius 2 is 1.83 bits per heavy atom.